The van der Waals surface area contributed by atoms with Gasteiger partial charge in [0.2, 0.25) is 5.88 Å². The summed E-state index contributed by atoms with van der Waals surface area (Å²) in [6.45, 7) is 0. The molecule has 1 heterocycles. The van der Waals surface area contributed by atoms with E-state index in [-0.39, 0.29) is 17.5 Å². The fraction of sp³-hybridized carbons (Fsp3) is 0.0455. The van der Waals surface area contributed by atoms with E-state index in [9.17, 15) is 9.90 Å². The van der Waals surface area contributed by atoms with E-state index in [4.69, 9.17) is 4.74 Å². The third-order valence-corrected chi connectivity index (χ3v) is 4.39. The molecule has 0 aliphatic carbocycles. The van der Waals surface area contributed by atoms with Gasteiger partial charge in [-0.3, -0.25) is 4.79 Å². The van der Waals surface area contributed by atoms with E-state index in [0.717, 1.165) is 0 Å². The van der Waals surface area contributed by atoms with Crippen LogP contribution in [0.2, 0.25) is 0 Å². The first-order valence-corrected chi connectivity index (χ1v) is 8.67. The molecule has 0 aliphatic rings. The Hall–Kier alpha value is -3.93. The number of azo groups is 1. The van der Waals surface area contributed by atoms with Gasteiger partial charge in [0.1, 0.15) is 5.75 Å². The van der Waals surface area contributed by atoms with Crippen LogP contribution in [0.4, 0.5) is 11.4 Å². The van der Waals surface area contributed by atoms with Gasteiger partial charge in [0.05, 0.1) is 18.3 Å². The van der Waals surface area contributed by atoms with E-state index in [0.29, 0.717) is 27.9 Å². The van der Waals surface area contributed by atoms with Crippen LogP contribution < -0.4 is 4.74 Å². The molecule has 0 spiro atoms. The molecular weight excluding hydrogens is 354 g/mol. The predicted molar refractivity (Wildman–Crippen MR) is 107 cm³/mol. The molecule has 0 saturated heterocycles. The number of hydrogen-bond donors (Lipinski definition) is 1. The standard InChI is InChI=1S/C22H17N3O3/c1-28-17-13-11-15(12-14-17)21(26)25-19-10-6-5-9-18(19)20(22(25)27)24-23-16-7-3-2-4-8-16/h2-14,27H,1H3. The molecule has 3 aromatic carbocycles. The summed E-state index contributed by atoms with van der Waals surface area (Å²) in [6, 6.07) is 23.1. The number of benzene rings is 3. The maximum Gasteiger partial charge on any atom is 0.265 e. The predicted octanol–water partition coefficient (Wildman–Crippen LogP) is 5.46. The Kier molecular flexibility index (Phi) is 4.60. The summed E-state index contributed by atoms with van der Waals surface area (Å²) < 4.78 is 6.38. The van der Waals surface area contributed by atoms with Crippen LogP contribution in [0.5, 0.6) is 11.6 Å². The zero-order valence-corrected chi connectivity index (χ0v) is 15.1. The van der Waals surface area contributed by atoms with Crippen molar-refractivity contribution in [2.45, 2.75) is 0 Å². The summed E-state index contributed by atoms with van der Waals surface area (Å²) in [6.07, 6.45) is 0. The Balaban J connectivity index is 1.82. The van der Waals surface area contributed by atoms with Crippen molar-refractivity contribution in [2.24, 2.45) is 10.2 Å². The van der Waals surface area contributed by atoms with Gasteiger partial charge in [0.15, 0.2) is 5.69 Å². The van der Waals surface area contributed by atoms with Gasteiger partial charge in [-0.25, -0.2) is 4.57 Å². The molecule has 0 atom stereocenters. The molecule has 138 valence electrons. The van der Waals surface area contributed by atoms with Gasteiger partial charge in [0, 0.05) is 10.9 Å². The van der Waals surface area contributed by atoms with Crippen LogP contribution in [0, 0.1) is 0 Å². The van der Waals surface area contributed by atoms with E-state index < -0.39 is 0 Å². The summed E-state index contributed by atoms with van der Waals surface area (Å²) in [4.78, 5) is 13.1. The summed E-state index contributed by atoms with van der Waals surface area (Å²) in [5.74, 6) is 0.0368. The molecule has 0 amide bonds. The monoisotopic (exact) mass is 371 g/mol. The van der Waals surface area contributed by atoms with Gasteiger partial charge in [0.25, 0.3) is 5.91 Å². The highest BCUT2D eigenvalue weighted by molar-refractivity contribution is 6.07. The topological polar surface area (TPSA) is 76.2 Å². The molecule has 4 aromatic rings. The number of aromatic nitrogens is 1. The van der Waals surface area contributed by atoms with Crippen molar-refractivity contribution in [3.05, 3.63) is 84.4 Å². The highest BCUT2D eigenvalue weighted by Gasteiger charge is 2.22. The van der Waals surface area contributed by atoms with Crippen LogP contribution in [0.15, 0.2) is 89.1 Å². The molecule has 6 nitrogen and oxygen atoms in total. The fourth-order valence-corrected chi connectivity index (χ4v) is 2.98. The minimum absolute atomic E-state index is 0.248. The number of carbonyl (C=O) groups excluding carboxylic acids is 1. The van der Waals surface area contributed by atoms with E-state index in [1.165, 1.54) is 4.57 Å². The Labute approximate surface area is 161 Å². The summed E-state index contributed by atoms with van der Waals surface area (Å²) in [7, 11) is 1.56. The maximum atomic E-state index is 13.1. The van der Waals surface area contributed by atoms with Crippen LogP contribution in [0.1, 0.15) is 10.4 Å². The molecule has 0 fully saturated rings. The van der Waals surface area contributed by atoms with Crippen LogP contribution in [-0.2, 0) is 0 Å². The first-order valence-electron chi connectivity index (χ1n) is 8.67. The molecule has 4 rings (SSSR count). The van der Waals surface area contributed by atoms with Crippen molar-refractivity contribution < 1.29 is 14.6 Å². The first kappa shape index (κ1) is 17.5. The number of carbonyl (C=O) groups is 1. The van der Waals surface area contributed by atoms with Gasteiger partial charge in [-0.2, -0.15) is 5.11 Å². The normalized spacial score (nSPS) is 11.2. The van der Waals surface area contributed by atoms with E-state index >= 15 is 0 Å². The second-order valence-electron chi connectivity index (χ2n) is 6.09. The zero-order valence-electron chi connectivity index (χ0n) is 15.1. The van der Waals surface area contributed by atoms with E-state index in [2.05, 4.69) is 10.2 Å². The van der Waals surface area contributed by atoms with Crippen molar-refractivity contribution in [2.75, 3.05) is 7.11 Å². The molecule has 28 heavy (non-hydrogen) atoms. The van der Waals surface area contributed by atoms with Gasteiger partial charge in [-0.1, -0.05) is 36.4 Å². The molecule has 0 radical (unpaired) electrons. The Morgan fingerprint density at radius 1 is 0.893 bits per heavy atom. The van der Waals surface area contributed by atoms with Crippen LogP contribution in [-0.4, -0.2) is 22.7 Å². The van der Waals surface area contributed by atoms with Crippen molar-refractivity contribution in [3.63, 3.8) is 0 Å². The van der Waals surface area contributed by atoms with Crippen molar-refractivity contribution in [1.82, 2.24) is 4.57 Å². The second kappa shape index (κ2) is 7.36. The van der Waals surface area contributed by atoms with E-state index in [1.54, 1.807) is 49.6 Å². The lowest BCUT2D eigenvalue weighted by molar-refractivity contribution is 0.0957. The van der Waals surface area contributed by atoms with Crippen LogP contribution in [0.25, 0.3) is 10.9 Å². The van der Waals surface area contributed by atoms with Gasteiger partial charge < -0.3 is 9.84 Å². The SMILES string of the molecule is COc1ccc(C(=O)n2c(O)c(N=Nc3ccccc3)c3ccccc32)cc1. The number of methoxy groups -OCH3 is 1. The Morgan fingerprint density at radius 3 is 2.29 bits per heavy atom. The molecule has 0 bridgehead atoms. The molecule has 0 aliphatic heterocycles. The lowest BCUT2D eigenvalue weighted by Crippen LogP contribution is -2.11. The number of aromatic hydroxyl groups is 1. The minimum atomic E-state index is -0.363. The number of nitrogens with zero attached hydrogens (tertiary/aromatic N) is 3. The molecule has 0 saturated carbocycles. The van der Waals surface area contributed by atoms with Crippen molar-refractivity contribution in [1.29, 1.82) is 0 Å². The Morgan fingerprint density at radius 2 is 1.57 bits per heavy atom. The van der Waals surface area contributed by atoms with Gasteiger partial charge in [-0.15, -0.1) is 5.11 Å². The highest BCUT2D eigenvalue weighted by atomic mass is 16.5. The summed E-state index contributed by atoms with van der Waals surface area (Å²) in [5, 5.41) is 19.8. The zero-order chi connectivity index (χ0) is 19.5. The number of ether oxygens (including phenoxy) is 1. The number of fused-ring (bicyclic) bond motifs is 1. The van der Waals surface area contributed by atoms with E-state index in [1.807, 2.05) is 36.4 Å². The third kappa shape index (κ3) is 3.12. The molecule has 1 N–H and O–H groups in total. The number of rotatable bonds is 4. The fourth-order valence-electron chi connectivity index (χ4n) is 2.98. The molecule has 1 aromatic heterocycles. The summed E-state index contributed by atoms with van der Waals surface area (Å²) in [5.41, 5.74) is 1.88. The molecule has 6 heteroatoms. The second-order valence-corrected chi connectivity index (χ2v) is 6.09. The third-order valence-electron chi connectivity index (χ3n) is 4.39. The molecular formula is C22H17N3O3. The number of para-hydroxylation sites is 1. The highest BCUT2D eigenvalue weighted by Crippen LogP contribution is 2.39. The summed E-state index contributed by atoms with van der Waals surface area (Å²) >= 11 is 0. The maximum absolute atomic E-state index is 13.1. The Bertz CT molecular complexity index is 1160. The first-order chi connectivity index (χ1) is 13.7. The average molecular weight is 371 g/mol. The quantitative estimate of drug-likeness (QED) is 0.484. The average Bonchev–Trinajstić information content (AvgIpc) is 3.03. The van der Waals surface area contributed by atoms with Crippen molar-refractivity contribution >= 4 is 28.2 Å². The lowest BCUT2D eigenvalue weighted by Gasteiger charge is -2.06. The largest absolute Gasteiger partial charge is 0.497 e. The molecule has 0 unspecified atom stereocenters. The smallest absolute Gasteiger partial charge is 0.265 e. The van der Waals surface area contributed by atoms with Gasteiger partial charge in [-0.05, 0) is 42.5 Å². The van der Waals surface area contributed by atoms with Crippen LogP contribution in [0.3, 0.4) is 0 Å². The van der Waals surface area contributed by atoms with Gasteiger partial charge >= 0.3 is 0 Å². The lowest BCUT2D eigenvalue weighted by atomic mass is 10.2. The number of hydrogen-bond acceptors (Lipinski definition) is 5. The van der Waals surface area contributed by atoms with Crippen molar-refractivity contribution in [3.8, 4) is 11.6 Å². The van der Waals surface area contributed by atoms with Crippen LogP contribution >= 0.6 is 0 Å². The minimum Gasteiger partial charge on any atom is -0.497 e.